The maximum absolute atomic E-state index is 11.1. The van der Waals surface area contributed by atoms with Crippen LogP contribution in [0.25, 0.3) is 0 Å². The number of nitrogens with one attached hydrogen (secondary N) is 1. The molecule has 1 fully saturated rings. The van der Waals surface area contributed by atoms with Gasteiger partial charge in [-0.2, -0.15) is 0 Å². The third-order valence-corrected chi connectivity index (χ3v) is 3.38. The molecule has 0 amide bonds. The Morgan fingerprint density at radius 3 is 3.00 bits per heavy atom. The van der Waals surface area contributed by atoms with E-state index in [-0.39, 0.29) is 0 Å². The lowest BCUT2D eigenvalue weighted by Gasteiger charge is -2.19. The zero-order valence-corrected chi connectivity index (χ0v) is 10.6. The Morgan fingerprint density at radius 1 is 1.39 bits per heavy atom. The maximum Gasteiger partial charge on any atom is 0.336 e. The van der Waals surface area contributed by atoms with Gasteiger partial charge in [0, 0.05) is 24.9 Å². The minimum atomic E-state index is -0.875. The molecule has 98 valence electrons. The minimum absolute atomic E-state index is 0.366. The highest BCUT2D eigenvalue weighted by Gasteiger charge is 2.15. The van der Waals surface area contributed by atoms with Crippen molar-refractivity contribution in [2.75, 3.05) is 18.5 Å². The Balaban J connectivity index is 2.13. The number of hydrogen-bond acceptors (Lipinski definition) is 3. The van der Waals surface area contributed by atoms with E-state index in [0.717, 1.165) is 43.7 Å². The van der Waals surface area contributed by atoms with Crippen LogP contribution in [0.15, 0.2) is 18.2 Å². The van der Waals surface area contributed by atoms with Gasteiger partial charge in [0.05, 0.1) is 5.56 Å². The molecule has 1 saturated heterocycles. The van der Waals surface area contributed by atoms with Crippen molar-refractivity contribution in [3.8, 4) is 0 Å². The molecule has 2 rings (SSSR count). The maximum atomic E-state index is 11.1. The number of ether oxygens (including phenoxy) is 1. The van der Waals surface area contributed by atoms with Crippen LogP contribution in [-0.2, 0) is 4.74 Å². The molecule has 1 heterocycles. The minimum Gasteiger partial charge on any atom is -0.478 e. The first-order valence-electron chi connectivity index (χ1n) is 6.35. The van der Waals surface area contributed by atoms with E-state index in [1.165, 1.54) is 0 Å². The van der Waals surface area contributed by atoms with Crippen LogP contribution in [0.2, 0.25) is 0 Å². The molecule has 1 aromatic carbocycles. The summed E-state index contributed by atoms with van der Waals surface area (Å²) in [5.74, 6) is -0.875. The van der Waals surface area contributed by atoms with Crippen molar-refractivity contribution in [2.24, 2.45) is 0 Å². The SMILES string of the molecule is Cc1c(NC2CCCOCC2)cccc1C(=O)O. The normalized spacial score (nSPS) is 20.2. The van der Waals surface area contributed by atoms with Crippen molar-refractivity contribution in [1.29, 1.82) is 0 Å². The van der Waals surface area contributed by atoms with Gasteiger partial charge in [0.25, 0.3) is 0 Å². The van der Waals surface area contributed by atoms with Gasteiger partial charge >= 0.3 is 5.97 Å². The summed E-state index contributed by atoms with van der Waals surface area (Å²) in [5, 5.41) is 12.5. The molecule has 18 heavy (non-hydrogen) atoms. The van der Waals surface area contributed by atoms with Crippen LogP contribution in [-0.4, -0.2) is 30.3 Å². The molecule has 1 aromatic rings. The highest BCUT2D eigenvalue weighted by atomic mass is 16.5. The summed E-state index contributed by atoms with van der Waals surface area (Å²) in [6.45, 7) is 3.45. The van der Waals surface area contributed by atoms with Gasteiger partial charge in [-0.05, 0) is 43.9 Å². The van der Waals surface area contributed by atoms with Crippen LogP contribution in [0.4, 0.5) is 5.69 Å². The van der Waals surface area contributed by atoms with E-state index < -0.39 is 5.97 Å². The predicted molar refractivity (Wildman–Crippen MR) is 70.2 cm³/mol. The molecule has 1 atom stereocenters. The Bertz CT molecular complexity index is 423. The van der Waals surface area contributed by atoms with E-state index in [1.807, 2.05) is 13.0 Å². The molecule has 4 heteroatoms. The van der Waals surface area contributed by atoms with Gasteiger partial charge in [-0.25, -0.2) is 4.79 Å². The third kappa shape index (κ3) is 3.01. The van der Waals surface area contributed by atoms with Gasteiger partial charge in [0.15, 0.2) is 0 Å². The molecule has 0 saturated carbocycles. The third-order valence-electron chi connectivity index (χ3n) is 3.38. The van der Waals surface area contributed by atoms with Gasteiger partial charge in [0.1, 0.15) is 0 Å². The Kier molecular flexibility index (Phi) is 4.20. The molecule has 1 unspecified atom stereocenters. The summed E-state index contributed by atoms with van der Waals surface area (Å²) in [4.78, 5) is 11.1. The van der Waals surface area contributed by atoms with Crippen LogP contribution < -0.4 is 5.32 Å². The first-order valence-corrected chi connectivity index (χ1v) is 6.35. The van der Waals surface area contributed by atoms with Gasteiger partial charge in [-0.1, -0.05) is 6.07 Å². The number of aromatic carboxylic acids is 1. The summed E-state index contributed by atoms with van der Waals surface area (Å²) in [6.07, 6.45) is 3.09. The largest absolute Gasteiger partial charge is 0.478 e. The highest BCUT2D eigenvalue weighted by Crippen LogP contribution is 2.22. The van der Waals surface area contributed by atoms with Crippen molar-refractivity contribution in [1.82, 2.24) is 0 Å². The zero-order valence-electron chi connectivity index (χ0n) is 10.6. The first-order chi connectivity index (χ1) is 8.68. The van der Waals surface area contributed by atoms with E-state index in [0.29, 0.717) is 11.6 Å². The smallest absolute Gasteiger partial charge is 0.336 e. The number of anilines is 1. The molecule has 4 nitrogen and oxygen atoms in total. The van der Waals surface area contributed by atoms with Crippen molar-refractivity contribution in [2.45, 2.75) is 32.2 Å². The number of benzene rings is 1. The van der Waals surface area contributed by atoms with E-state index in [1.54, 1.807) is 12.1 Å². The standard InChI is InChI=1S/C14H19NO3/c1-10-12(14(16)17)5-2-6-13(10)15-11-4-3-8-18-9-7-11/h2,5-6,11,15H,3-4,7-9H2,1H3,(H,16,17). The van der Waals surface area contributed by atoms with E-state index >= 15 is 0 Å². The van der Waals surface area contributed by atoms with Gasteiger partial charge < -0.3 is 15.2 Å². The van der Waals surface area contributed by atoms with Crippen LogP contribution in [0.3, 0.4) is 0 Å². The fraction of sp³-hybridized carbons (Fsp3) is 0.500. The number of carboxylic acids is 1. The van der Waals surface area contributed by atoms with Gasteiger partial charge in [-0.15, -0.1) is 0 Å². The van der Waals surface area contributed by atoms with Crippen LogP contribution in [0, 0.1) is 6.92 Å². The molecular formula is C14H19NO3. The molecule has 1 aliphatic rings. The van der Waals surface area contributed by atoms with Crippen LogP contribution in [0.5, 0.6) is 0 Å². The van der Waals surface area contributed by atoms with Crippen molar-refractivity contribution in [3.63, 3.8) is 0 Å². The second-order valence-electron chi connectivity index (χ2n) is 4.67. The average Bonchev–Trinajstić information content (AvgIpc) is 2.60. The predicted octanol–water partition coefficient (Wildman–Crippen LogP) is 2.67. The molecule has 0 aliphatic carbocycles. The fourth-order valence-corrected chi connectivity index (χ4v) is 2.29. The lowest BCUT2D eigenvalue weighted by atomic mass is 10.0. The lowest BCUT2D eigenvalue weighted by Crippen LogP contribution is -2.20. The molecular weight excluding hydrogens is 230 g/mol. The Labute approximate surface area is 107 Å². The number of carbonyl (C=O) groups is 1. The average molecular weight is 249 g/mol. The van der Waals surface area contributed by atoms with Crippen LogP contribution in [0.1, 0.15) is 35.2 Å². The summed E-state index contributed by atoms with van der Waals surface area (Å²) in [6, 6.07) is 5.73. The summed E-state index contributed by atoms with van der Waals surface area (Å²) in [7, 11) is 0. The molecule has 0 aromatic heterocycles. The highest BCUT2D eigenvalue weighted by molar-refractivity contribution is 5.91. The van der Waals surface area contributed by atoms with Crippen molar-refractivity contribution >= 4 is 11.7 Å². The quantitative estimate of drug-likeness (QED) is 0.864. The molecule has 1 aliphatic heterocycles. The molecule has 2 N–H and O–H groups in total. The fourth-order valence-electron chi connectivity index (χ4n) is 2.29. The summed E-state index contributed by atoms with van der Waals surface area (Å²) in [5.41, 5.74) is 2.09. The molecule has 0 bridgehead atoms. The summed E-state index contributed by atoms with van der Waals surface area (Å²) < 4.78 is 5.42. The summed E-state index contributed by atoms with van der Waals surface area (Å²) >= 11 is 0. The topological polar surface area (TPSA) is 58.6 Å². The Morgan fingerprint density at radius 2 is 2.22 bits per heavy atom. The van der Waals surface area contributed by atoms with Gasteiger partial charge in [-0.3, -0.25) is 0 Å². The van der Waals surface area contributed by atoms with E-state index in [2.05, 4.69) is 5.32 Å². The van der Waals surface area contributed by atoms with Crippen LogP contribution >= 0.6 is 0 Å². The van der Waals surface area contributed by atoms with Crippen molar-refractivity contribution in [3.05, 3.63) is 29.3 Å². The number of carboxylic acid groups (broad SMARTS) is 1. The second-order valence-corrected chi connectivity index (χ2v) is 4.67. The van der Waals surface area contributed by atoms with E-state index in [9.17, 15) is 4.79 Å². The zero-order chi connectivity index (χ0) is 13.0. The van der Waals surface area contributed by atoms with Crippen molar-refractivity contribution < 1.29 is 14.6 Å². The number of rotatable bonds is 3. The second kappa shape index (κ2) is 5.87. The van der Waals surface area contributed by atoms with Gasteiger partial charge in [0.2, 0.25) is 0 Å². The lowest BCUT2D eigenvalue weighted by molar-refractivity contribution is 0.0696. The monoisotopic (exact) mass is 249 g/mol. The molecule has 0 spiro atoms. The Hall–Kier alpha value is -1.55. The number of hydrogen-bond donors (Lipinski definition) is 2. The molecule has 0 radical (unpaired) electrons. The van der Waals surface area contributed by atoms with E-state index in [4.69, 9.17) is 9.84 Å². The first kappa shape index (κ1) is 12.9.